The van der Waals surface area contributed by atoms with Gasteiger partial charge in [0.25, 0.3) is 0 Å². The van der Waals surface area contributed by atoms with Gasteiger partial charge in [-0.3, -0.25) is 0 Å². The molecule has 0 spiro atoms. The number of carbonyl (C=O) groups is 1. The van der Waals surface area contributed by atoms with E-state index < -0.39 is 0 Å². The van der Waals surface area contributed by atoms with E-state index in [1.54, 1.807) is 0 Å². The molecule has 0 aromatic heterocycles. The third-order valence-corrected chi connectivity index (χ3v) is 3.68. The number of hydrogen-bond donors (Lipinski definition) is 3. The van der Waals surface area contributed by atoms with Crippen LogP contribution >= 0.6 is 0 Å². The van der Waals surface area contributed by atoms with E-state index in [1.807, 2.05) is 32.0 Å². The lowest BCUT2D eigenvalue weighted by Crippen LogP contribution is -2.35. The zero-order valence-corrected chi connectivity index (χ0v) is 10.9. The van der Waals surface area contributed by atoms with Crippen LogP contribution in [-0.4, -0.2) is 24.3 Å². The SMILES string of the molecule is Cc1ccc(NC(=O)NCC2(CO)CC2)cc1C. The Morgan fingerprint density at radius 2 is 2.06 bits per heavy atom. The van der Waals surface area contributed by atoms with Crippen LogP contribution in [-0.2, 0) is 0 Å². The van der Waals surface area contributed by atoms with Gasteiger partial charge in [0, 0.05) is 17.6 Å². The van der Waals surface area contributed by atoms with E-state index in [9.17, 15) is 4.79 Å². The van der Waals surface area contributed by atoms with Gasteiger partial charge >= 0.3 is 6.03 Å². The summed E-state index contributed by atoms with van der Waals surface area (Å²) in [6.07, 6.45) is 1.99. The van der Waals surface area contributed by atoms with Crippen molar-refractivity contribution in [2.24, 2.45) is 5.41 Å². The first-order valence-corrected chi connectivity index (χ1v) is 6.28. The molecule has 98 valence electrons. The average Bonchev–Trinajstić information content (AvgIpc) is 3.12. The molecule has 0 unspecified atom stereocenters. The van der Waals surface area contributed by atoms with Crippen molar-refractivity contribution in [1.29, 1.82) is 0 Å². The van der Waals surface area contributed by atoms with Crippen molar-refractivity contribution in [3.05, 3.63) is 29.3 Å². The van der Waals surface area contributed by atoms with E-state index in [0.29, 0.717) is 6.54 Å². The van der Waals surface area contributed by atoms with Gasteiger partial charge in [-0.15, -0.1) is 0 Å². The molecule has 0 atom stereocenters. The molecule has 2 amide bonds. The molecule has 0 saturated heterocycles. The summed E-state index contributed by atoms with van der Waals surface area (Å²) in [5.74, 6) is 0. The summed E-state index contributed by atoms with van der Waals surface area (Å²) in [7, 11) is 0. The van der Waals surface area contributed by atoms with Crippen molar-refractivity contribution in [1.82, 2.24) is 5.32 Å². The van der Waals surface area contributed by atoms with E-state index in [4.69, 9.17) is 5.11 Å². The van der Waals surface area contributed by atoms with E-state index in [-0.39, 0.29) is 18.1 Å². The zero-order chi connectivity index (χ0) is 13.2. The van der Waals surface area contributed by atoms with Crippen LogP contribution in [0.15, 0.2) is 18.2 Å². The fourth-order valence-electron chi connectivity index (χ4n) is 1.83. The molecule has 1 fully saturated rings. The van der Waals surface area contributed by atoms with E-state index in [0.717, 1.165) is 24.1 Å². The lowest BCUT2D eigenvalue weighted by atomic mass is 10.1. The van der Waals surface area contributed by atoms with Gasteiger partial charge in [0.2, 0.25) is 0 Å². The van der Waals surface area contributed by atoms with Gasteiger partial charge in [-0.2, -0.15) is 0 Å². The minimum Gasteiger partial charge on any atom is -0.396 e. The lowest BCUT2D eigenvalue weighted by molar-refractivity contribution is 0.206. The number of aliphatic hydroxyl groups excluding tert-OH is 1. The fourth-order valence-corrected chi connectivity index (χ4v) is 1.83. The molecule has 4 nitrogen and oxygen atoms in total. The highest BCUT2D eigenvalue weighted by molar-refractivity contribution is 5.89. The summed E-state index contributed by atoms with van der Waals surface area (Å²) in [4.78, 5) is 11.7. The number of rotatable bonds is 4. The van der Waals surface area contributed by atoms with E-state index in [1.165, 1.54) is 5.56 Å². The van der Waals surface area contributed by atoms with Crippen molar-refractivity contribution >= 4 is 11.7 Å². The molecule has 0 heterocycles. The van der Waals surface area contributed by atoms with Crippen molar-refractivity contribution in [2.45, 2.75) is 26.7 Å². The second-order valence-corrected chi connectivity index (χ2v) is 5.26. The number of hydrogen-bond acceptors (Lipinski definition) is 2. The number of amides is 2. The lowest BCUT2D eigenvalue weighted by Gasteiger charge is -2.14. The Kier molecular flexibility index (Phi) is 3.57. The zero-order valence-electron chi connectivity index (χ0n) is 10.9. The quantitative estimate of drug-likeness (QED) is 0.765. The van der Waals surface area contributed by atoms with Gasteiger partial charge in [0.05, 0.1) is 6.61 Å². The second-order valence-electron chi connectivity index (χ2n) is 5.26. The van der Waals surface area contributed by atoms with E-state index >= 15 is 0 Å². The Hall–Kier alpha value is -1.55. The maximum atomic E-state index is 11.7. The molecule has 0 radical (unpaired) electrons. The Morgan fingerprint density at radius 3 is 2.61 bits per heavy atom. The van der Waals surface area contributed by atoms with Crippen LogP contribution in [0, 0.1) is 19.3 Å². The minimum absolute atomic E-state index is 0.0550. The molecule has 18 heavy (non-hydrogen) atoms. The smallest absolute Gasteiger partial charge is 0.319 e. The summed E-state index contributed by atoms with van der Waals surface area (Å²) in [6, 6.07) is 5.62. The van der Waals surface area contributed by atoms with Crippen molar-refractivity contribution in [3.8, 4) is 0 Å². The molecule has 3 N–H and O–H groups in total. The van der Waals surface area contributed by atoms with Gasteiger partial charge in [0.1, 0.15) is 0 Å². The number of urea groups is 1. The number of aliphatic hydroxyl groups is 1. The van der Waals surface area contributed by atoms with Crippen LogP contribution in [0.4, 0.5) is 10.5 Å². The summed E-state index contributed by atoms with van der Waals surface area (Å²) < 4.78 is 0. The summed E-state index contributed by atoms with van der Waals surface area (Å²) >= 11 is 0. The molecular weight excluding hydrogens is 228 g/mol. The molecule has 1 aliphatic carbocycles. The highest BCUT2D eigenvalue weighted by Crippen LogP contribution is 2.44. The van der Waals surface area contributed by atoms with E-state index in [2.05, 4.69) is 10.6 Å². The monoisotopic (exact) mass is 248 g/mol. The van der Waals surface area contributed by atoms with Crippen LogP contribution in [0.1, 0.15) is 24.0 Å². The first-order chi connectivity index (χ1) is 8.54. The molecule has 0 aliphatic heterocycles. The Morgan fingerprint density at radius 1 is 1.33 bits per heavy atom. The Bertz CT molecular complexity index is 453. The second kappa shape index (κ2) is 4.98. The largest absolute Gasteiger partial charge is 0.396 e. The summed E-state index contributed by atoms with van der Waals surface area (Å²) in [5.41, 5.74) is 3.10. The maximum absolute atomic E-state index is 11.7. The number of carbonyl (C=O) groups excluding carboxylic acids is 1. The van der Waals surface area contributed by atoms with Crippen LogP contribution < -0.4 is 10.6 Å². The number of nitrogens with one attached hydrogen (secondary N) is 2. The first-order valence-electron chi connectivity index (χ1n) is 6.28. The van der Waals surface area contributed by atoms with Gasteiger partial charge in [-0.1, -0.05) is 6.07 Å². The van der Waals surface area contributed by atoms with Gasteiger partial charge in [-0.25, -0.2) is 4.79 Å². The third kappa shape index (κ3) is 3.01. The predicted octanol–water partition coefficient (Wildman–Crippen LogP) is 2.20. The summed E-state index contributed by atoms with van der Waals surface area (Å²) in [6.45, 7) is 4.75. The van der Waals surface area contributed by atoms with Crippen molar-refractivity contribution in [2.75, 3.05) is 18.5 Å². The Labute approximate surface area is 107 Å². The Balaban J connectivity index is 1.85. The maximum Gasteiger partial charge on any atom is 0.319 e. The van der Waals surface area contributed by atoms with Crippen molar-refractivity contribution < 1.29 is 9.90 Å². The third-order valence-electron chi connectivity index (χ3n) is 3.68. The highest BCUT2D eigenvalue weighted by atomic mass is 16.3. The van der Waals surface area contributed by atoms with Crippen LogP contribution in [0.2, 0.25) is 0 Å². The van der Waals surface area contributed by atoms with Gasteiger partial charge < -0.3 is 15.7 Å². The van der Waals surface area contributed by atoms with Crippen molar-refractivity contribution in [3.63, 3.8) is 0 Å². The standard InChI is InChI=1S/C14H20N2O2/c1-10-3-4-12(7-11(10)2)16-13(18)15-8-14(9-17)5-6-14/h3-4,7,17H,5-6,8-9H2,1-2H3,(H2,15,16,18). The molecule has 1 aliphatic rings. The topological polar surface area (TPSA) is 61.4 Å². The molecule has 4 heteroatoms. The number of anilines is 1. The molecular formula is C14H20N2O2. The fraction of sp³-hybridized carbons (Fsp3) is 0.500. The predicted molar refractivity (Wildman–Crippen MR) is 71.7 cm³/mol. The van der Waals surface area contributed by atoms with Gasteiger partial charge in [-0.05, 0) is 49.9 Å². The molecule has 1 aromatic carbocycles. The van der Waals surface area contributed by atoms with Crippen LogP contribution in [0.3, 0.4) is 0 Å². The number of aryl methyl sites for hydroxylation is 2. The van der Waals surface area contributed by atoms with Crippen LogP contribution in [0.5, 0.6) is 0 Å². The average molecular weight is 248 g/mol. The highest BCUT2D eigenvalue weighted by Gasteiger charge is 2.42. The molecule has 0 bridgehead atoms. The number of benzene rings is 1. The molecule has 1 saturated carbocycles. The molecule has 1 aromatic rings. The first kappa shape index (κ1) is 12.9. The van der Waals surface area contributed by atoms with Gasteiger partial charge in [0.15, 0.2) is 0 Å². The molecule has 2 rings (SSSR count). The summed E-state index contributed by atoms with van der Waals surface area (Å²) in [5, 5.41) is 14.8. The van der Waals surface area contributed by atoms with Crippen LogP contribution in [0.25, 0.3) is 0 Å². The normalized spacial score (nSPS) is 16.2. The minimum atomic E-state index is -0.210.